The van der Waals surface area contributed by atoms with Crippen molar-refractivity contribution < 1.29 is 13.2 Å². The molecule has 0 aliphatic heterocycles. The van der Waals surface area contributed by atoms with E-state index in [4.69, 9.17) is 0 Å². The van der Waals surface area contributed by atoms with Gasteiger partial charge in [0.2, 0.25) is 0 Å². The Hall–Kier alpha value is -1.10. The lowest BCUT2D eigenvalue weighted by atomic mass is 10.1. The third-order valence-electron chi connectivity index (χ3n) is 2.22. The molecular formula is C11H7BrF3N. The van der Waals surface area contributed by atoms with Crippen molar-refractivity contribution in [3.05, 3.63) is 41.6 Å². The first kappa shape index (κ1) is 11.4. The number of benzene rings is 1. The molecule has 0 saturated carbocycles. The first-order valence-electron chi connectivity index (χ1n) is 4.54. The Balaban J connectivity index is 2.74. The molecule has 0 radical (unpaired) electrons. The van der Waals surface area contributed by atoms with Crippen molar-refractivity contribution in [1.29, 1.82) is 0 Å². The first-order valence-corrected chi connectivity index (χ1v) is 5.66. The van der Waals surface area contributed by atoms with Crippen LogP contribution in [0.15, 0.2) is 30.3 Å². The maximum absolute atomic E-state index is 12.7. The van der Waals surface area contributed by atoms with Crippen LogP contribution in [0.4, 0.5) is 13.2 Å². The fourth-order valence-corrected chi connectivity index (χ4v) is 1.80. The first-order chi connectivity index (χ1) is 7.52. The number of rotatable bonds is 1. The van der Waals surface area contributed by atoms with Crippen molar-refractivity contribution in [1.82, 2.24) is 4.98 Å². The standard InChI is InChI=1S/C11H7BrF3N/c12-6-8-5-4-7-2-1-3-9(10(7)16-8)11(13,14)15/h1-5H,6H2. The minimum absolute atomic E-state index is 0.00644. The zero-order valence-corrected chi connectivity index (χ0v) is 9.64. The SMILES string of the molecule is FC(F)(F)c1cccc2ccc(CBr)nc12. The second kappa shape index (κ2) is 4.05. The number of para-hydroxylation sites is 1. The summed E-state index contributed by atoms with van der Waals surface area (Å²) in [6.45, 7) is 0. The van der Waals surface area contributed by atoms with Gasteiger partial charge in [0.05, 0.1) is 16.8 Å². The molecule has 1 nitrogen and oxygen atoms in total. The van der Waals surface area contributed by atoms with Crippen LogP contribution in [0.2, 0.25) is 0 Å². The molecule has 0 atom stereocenters. The Morgan fingerprint density at radius 1 is 1.12 bits per heavy atom. The second-order valence-corrected chi connectivity index (χ2v) is 3.87. The van der Waals surface area contributed by atoms with E-state index in [1.165, 1.54) is 6.07 Å². The van der Waals surface area contributed by atoms with Gasteiger partial charge in [0, 0.05) is 10.7 Å². The van der Waals surface area contributed by atoms with Crippen LogP contribution in [0.1, 0.15) is 11.3 Å². The van der Waals surface area contributed by atoms with Gasteiger partial charge in [0.25, 0.3) is 0 Å². The molecule has 0 aliphatic rings. The van der Waals surface area contributed by atoms with Crippen LogP contribution in [0.5, 0.6) is 0 Å². The molecule has 0 N–H and O–H groups in total. The highest BCUT2D eigenvalue weighted by Gasteiger charge is 2.33. The van der Waals surface area contributed by atoms with Gasteiger partial charge in [-0.2, -0.15) is 13.2 Å². The minimum atomic E-state index is -4.36. The smallest absolute Gasteiger partial charge is 0.251 e. The molecule has 16 heavy (non-hydrogen) atoms. The van der Waals surface area contributed by atoms with E-state index in [9.17, 15) is 13.2 Å². The van der Waals surface area contributed by atoms with E-state index in [1.807, 2.05) is 0 Å². The van der Waals surface area contributed by atoms with Crippen LogP contribution < -0.4 is 0 Å². The summed E-state index contributed by atoms with van der Waals surface area (Å²) in [5, 5.41) is 0.939. The molecule has 1 heterocycles. The molecule has 84 valence electrons. The minimum Gasteiger partial charge on any atom is -0.251 e. The van der Waals surface area contributed by atoms with Crippen molar-refractivity contribution >= 4 is 26.8 Å². The normalized spacial score (nSPS) is 12.0. The van der Waals surface area contributed by atoms with Crippen LogP contribution >= 0.6 is 15.9 Å². The summed E-state index contributed by atoms with van der Waals surface area (Å²) in [6, 6.07) is 7.41. The van der Waals surface area contributed by atoms with Crippen LogP contribution in [-0.2, 0) is 11.5 Å². The lowest BCUT2D eigenvalue weighted by Crippen LogP contribution is -2.06. The number of pyridine rings is 1. The van der Waals surface area contributed by atoms with Crippen LogP contribution in [0.25, 0.3) is 10.9 Å². The number of aromatic nitrogens is 1. The van der Waals surface area contributed by atoms with Crippen molar-refractivity contribution in [2.24, 2.45) is 0 Å². The quantitative estimate of drug-likeness (QED) is 0.719. The Morgan fingerprint density at radius 2 is 1.88 bits per heavy atom. The molecule has 5 heteroatoms. The van der Waals surface area contributed by atoms with E-state index >= 15 is 0 Å². The van der Waals surface area contributed by atoms with Crippen molar-refractivity contribution in [2.75, 3.05) is 0 Å². The van der Waals surface area contributed by atoms with Crippen molar-refractivity contribution in [2.45, 2.75) is 11.5 Å². The second-order valence-electron chi connectivity index (χ2n) is 3.31. The lowest BCUT2D eigenvalue weighted by molar-refractivity contribution is -0.136. The Bertz CT molecular complexity index is 522. The summed E-state index contributed by atoms with van der Waals surface area (Å²) in [7, 11) is 0. The van der Waals surface area contributed by atoms with Crippen LogP contribution in [0, 0.1) is 0 Å². The van der Waals surface area contributed by atoms with E-state index < -0.39 is 11.7 Å². The van der Waals surface area contributed by atoms with Crippen LogP contribution in [-0.4, -0.2) is 4.98 Å². The van der Waals surface area contributed by atoms with Gasteiger partial charge in [-0.3, -0.25) is 4.98 Å². The molecule has 1 aromatic carbocycles. The summed E-state index contributed by atoms with van der Waals surface area (Å²) >= 11 is 3.17. The fourth-order valence-electron chi connectivity index (χ4n) is 1.49. The molecule has 0 unspecified atom stereocenters. The van der Waals surface area contributed by atoms with Gasteiger partial charge in [-0.15, -0.1) is 0 Å². The summed E-state index contributed by atoms with van der Waals surface area (Å²) in [6.07, 6.45) is -4.36. The predicted molar refractivity (Wildman–Crippen MR) is 59.4 cm³/mol. The average molecular weight is 290 g/mol. The number of hydrogen-bond acceptors (Lipinski definition) is 1. The fraction of sp³-hybridized carbons (Fsp3) is 0.182. The van der Waals surface area contributed by atoms with E-state index in [1.54, 1.807) is 18.2 Å². The molecule has 2 rings (SSSR count). The molecule has 0 saturated heterocycles. The topological polar surface area (TPSA) is 12.9 Å². The average Bonchev–Trinajstić information content (AvgIpc) is 2.26. The highest BCUT2D eigenvalue weighted by Crippen LogP contribution is 2.33. The van der Waals surface area contributed by atoms with Gasteiger partial charge in [-0.05, 0) is 12.1 Å². The monoisotopic (exact) mass is 289 g/mol. The molecule has 0 bridgehead atoms. The summed E-state index contributed by atoms with van der Waals surface area (Å²) in [5.41, 5.74) is -0.0936. The Morgan fingerprint density at radius 3 is 2.50 bits per heavy atom. The van der Waals surface area contributed by atoms with E-state index in [2.05, 4.69) is 20.9 Å². The lowest BCUT2D eigenvalue weighted by Gasteiger charge is -2.09. The van der Waals surface area contributed by atoms with E-state index in [0.717, 1.165) is 6.07 Å². The largest absolute Gasteiger partial charge is 0.418 e. The van der Waals surface area contributed by atoms with Gasteiger partial charge in [-0.1, -0.05) is 34.1 Å². The highest BCUT2D eigenvalue weighted by molar-refractivity contribution is 9.08. The summed E-state index contributed by atoms with van der Waals surface area (Å²) in [5.74, 6) is 0. The van der Waals surface area contributed by atoms with Gasteiger partial charge in [0.1, 0.15) is 0 Å². The van der Waals surface area contributed by atoms with E-state index in [-0.39, 0.29) is 5.52 Å². The molecule has 0 amide bonds. The Labute approximate surface area is 98.4 Å². The van der Waals surface area contributed by atoms with E-state index in [0.29, 0.717) is 16.4 Å². The third-order valence-corrected chi connectivity index (χ3v) is 2.79. The van der Waals surface area contributed by atoms with Gasteiger partial charge < -0.3 is 0 Å². The molecule has 0 aliphatic carbocycles. The number of nitrogens with zero attached hydrogens (tertiary/aromatic N) is 1. The van der Waals surface area contributed by atoms with Crippen molar-refractivity contribution in [3.63, 3.8) is 0 Å². The molecule has 2 aromatic rings. The van der Waals surface area contributed by atoms with Crippen LogP contribution in [0.3, 0.4) is 0 Å². The summed E-state index contributed by atoms with van der Waals surface area (Å²) in [4.78, 5) is 3.99. The zero-order valence-electron chi connectivity index (χ0n) is 8.05. The maximum atomic E-state index is 12.7. The summed E-state index contributed by atoms with van der Waals surface area (Å²) < 4.78 is 38.1. The Kier molecular flexibility index (Phi) is 2.88. The highest BCUT2D eigenvalue weighted by atomic mass is 79.9. The number of fused-ring (bicyclic) bond motifs is 1. The molecule has 1 aromatic heterocycles. The predicted octanol–water partition coefficient (Wildman–Crippen LogP) is 4.15. The van der Waals surface area contributed by atoms with Crippen molar-refractivity contribution in [3.8, 4) is 0 Å². The molecular weight excluding hydrogens is 283 g/mol. The van der Waals surface area contributed by atoms with Gasteiger partial charge in [-0.25, -0.2) is 0 Å². The molecule has 0 fully saturated rings. The number of alkyl halides is 4. The number of halogens is 4. The number of hydrogen-bond donors (Lipinski definition) is 0. The third kappa shape index (κ3) is 2.04. The van der Waals surface area contributed by atoms with Gasteiger partial charge in [0.15, 0.2) is 0 Å². The van der Waals surface area contributed by atoms with Gasteiger partial charge >= 0.3 is 6.18 Å². The molecule has 0 spiro atoms. The maximum Gasteiger partial charge on any atom is 0.418 e. The zero-order chi connectivity index (χ0) is 11.8.